The molecule has 49 heavy (non-hydrogen) atoms. The number of furan rings is 2. The van der Waals surface area contributed by atoms with Crippen LogP contribution in [0, 0.1) is 47.3 Å². The Labute approximate surface area is 279 Å². The van der Waals surface area contributed by atoms with Crippen molar-refractivity contribution in [2.75, 3.05) is 6.61 Å². The maximum absolute atomic E-state index is 13.5. The lowest BCUT2D eigenvalue weighted by atomic mass is 9.75. The Kier molecular flexibility index (Phi) is 7.23. The second-order valence-electron chi connectivity index (χ2n) is 14.1. The molecule has 2 aromatic rings. The van der Waals surface area contributed by atoms with Gasteiger partial charge in [0.25, 0.3) is 0 Å². The summed E-state index contributed by atoms with van der Waals surface area (Å²) in [6.45, 7) is 12.7. The van der Waals surface area contributed by atoms with Crippen molar-refractivity contribution >= 4 is 47.0 Å². The van der Waals surface area contributed by atoms with E-state index in [2.05, 4.69) is 19.7 Å². The van der Waals surface area contributed by atoms with Crippen LogP contribution >= 0.6 is 0 Å². The van der Waals surface area contributed by atoms with Crippen molar-refractivity contribution in [1.29, 1.82) is 0 Å². The molecule has 13 nitrogen and oxygen atoms in total. The Hall–Kier alpha value is -4.94. The molecule has 0 aromatic carbocycles. The van der Waals surface area contributed by atoms with E-state index in [9.17, 15) is 28.8 Å². The third-order valence-corrected chi connectivity index (χ3v) is 11.4. The van der Waals surface area contributed by atoms with E-state index in [-0.39, 0.29) is 71.6 Å². The molecular weight excluding hydrogens is 640 g/mol. The molecule has 4 heterocycles. The summed E-state index contributed by atoms with van der Waals surface area (Å²) in [5.41, 5.74) is 1.43. The molecule has 4 aliphatic carbocycles. The third kappa shape index (κ3) is 4.87. The van der Waals surface area contributed by atoms with Crippen LogP contribution in [0.2, 0.25) is 0 Å². The van der Waals surface area contributed by atoms with Gasteiger partial charge in [-0.15, -0.1) is 0 Å². The summed E-state index contributed by atoms with van der Waals surface area (Å²) in [6, 6.07) is 5.00. The smallest absolute Gasteiger partial charge is 0.339 e. The van der Waals surface area contributed by atoms with Gasteiger partial charge >= 0.3 is 35.8 Å². The summed E-state index contributed by atoms with van der Waals surface area (Å²) in [6.07, 6.45) is -1.53. The number of carbonyl (C=O) groups excluding carboxylic acids is 6. The molecule has 0 N–H and O–H groups in total. The van der Waals surface area contributed by atoms with Gasteiger partial charge < -0.3 is 32.8 Å². The Bertz CT molecular complexity index is 1830. The summed E-state index contributed by atoms with van der Waals surface area (Å²) in [4.78, 5) is 77.2. The molecule has 0 amide bonds. The fourth-order valence-electron chi connectivity index (χ4n) is 9.33. The van der Waals surface area contributed by atoms with Crippen molar-refractivity contribution in [2.45, 2.75) is 57.0 Å². The summed E-state index contributed by atoms with van der Waals surface area (Å²) in [5, 5.41) is 0. The van der Waals surface area contributed by atoms with Gasteiger partial charge in [0.1, 0.15) is 30.0 Å². The molecule has 2 saturated heterocycles. The lowest BCUT2D eigenvalue weighted by Gasteiger charge is -2.32. The fraction of sp³-hybridized carbons (Fsp3) is 0.500. The maximum Gasteiger partial charge on any atom is 0.339 e. The van der Waals surface area contributed by atoms with Gasteiger partial charge in [0.2, 0.25) is 0 Å². The van der Waals surface area contributed by atoms with Gasteiger partial charge in [-0.1, -0.05) is 19.7 Å². The molecule has 4 saturated carbocycles. The Morgan fingerprint density at radius 3 is 2.14 bits per heavy atom. The zero-order valence-electron chi connectivity index (χ0n) is 26.6. The molecule has 256 valence electrons. The molecule has 12 unspecified atom stereocenters. The van der Waals surface area contributed by atoms with Crippen molar-refractivity contribution in [1.82, 2.24) is 0 Å². The normalized spacial score (nSPS) is 35.7. The topological polar surface area (TPSA) is 171 Å². The van der Waals surface area contributed by atoms with Crippen molar-refractivity contribution in [3.8, 4) is 5.75 Å². The molecule has 0 spiro atoms. The first-order valence-corrected chi connectivity index (χ1v) is 16.5. The van der Waals surface area contributed by atoms with E-state index in [1.807, 2.05) is 0 Å². The molecule has 8 rings (SSSR count). The van der Waals surface area contributed by atoms with Crippen LogP contribution in [0.4, 0.5) is 0 Å². The van der Waals surface area contributed by atoms with Gasteiger partial charge in [-0.3, -0.25) is 14.4 Å². The molecule has 13 heteroatoms. The van der Waals surface area contributed by atoms with E-state index in [4.69, 9.17) is 32.8 Å². The average molecular weight is 675 g/mol. The van der Waals surface area contributed by atoms with Gasteiger partial charge in [-0.25, -0.2) is 14.4 Å². The van der Waals surface area contributed by atoms with Crippen LogP contribution in [-0.4, -0.2) is 66.8 Å². The van der Waals surface area contributed by atoms with Crippen LogP contribution in [0.5, 0.6) is 5.75 Å². The van der Waals surface area contributed by atoms with Crippen molar-refractivity contribution in [3.63, 3.8) is 0 Å². The second kappa shape index (κ2) is 11.3. The maximum atomic E-state index is 13.5. The SMILES string of the molecule is C=C(C)C(=O)OC1C2CC3C1OC(=O)C3C2CC(=C)C(=O)OC1C2CC3C1OC(=O)C3C2C(=O)OCCC(=C)C(=O)Oc1cc2ccc1o2. The van der Waals surface area contributed by atoms with Crippen molar-refractivity contribution in [3.05, 3.63) is 54.7 Å². The van der Waals surface area contributed by atoms with E-state index in [1.54, 1.807) is 25.1 Å². The van der Waals surface area contributed by atoms with E-state index >= 15 is 0 Å². The number of esters is 6. The van der Waals surface area contributed by atoms with E-state index in [0.29, 0.717) is 24.0 Å². The highest BCUT2D eigenvalue weighted by Gasteiger charge is 2.71. The molecule has 2 aliphatic heterocycles. The minimum Gasteiger partial charge on any atom is -0.465 e. The highest BCUT2D eigenvalue weighted by Crippen LogP contribution is 2.61. The lowest BCUT2D eigenvalue weighted by Crippen LogP contribution is -2.44. The summed E-state index contributed by atoms with van der Waals surface area (Å²) < 4.78 is 39.0. The molecule has 6 fully saturated rings. The lowest BCUT2D eigenvalue weighted by molar-refractivity contribution is -0.163. The molecular formula is C36H34O13. The fourth-order valence-corrected chi connectivity index (χ4v) is 9.33. The van der Waals surface area contributed by atoms with Crippen LogP contribution in [-0.2, 0) is 52.5 Å². The number of carbonyl (C=O) groups is 6. The molecule has 12 atom stereocenters. The molecule has 6 aliphatic rings. The number of rotatable bonds is 12. The van der Waals surface area contributed by atoms with Crippen LogP contribution in [0.3, 0.4) is 0 Å². The summed E-state index contributed by atoms with van der Waals surface area (Å²) >= 11 is 0. The zero-order chi connectivity index (χ0) is 34.5. The Balaban J connectivity index is 0.879. The largest absolute Gasteiger partial charge is 0.465 e. The monoisotopic (exact) mass is 674 g/mol. The standard InChI is InChI=1S/C36H34O13/c1-13(2)31(37)46-27-18-11-19-24(35(41)48-28(19)27)17(18)9-15(4)33(39)47-29-20-12-21-26(36(42)49-30(21)29)25(20)34(40)43-8-7-14(3)32(38)45-23-10-16-5-6-22(23)44-16/h5-6,10,17-21,24-30H,1,3-4,7-9,11-12H2,2H3. The minimum absolute atomic E-state index is 0.00278. The second-order valence-corrected chi connectivity index (χ2v) is 14.1. The Morgan fingerprint density at radius 1 is 0.816 bits per heavy atom. The average Bonchev–Trinajstić information content (AvgIpc) is 3.92. The number of benzene rings is 1. The molecule has 2 aromatic heterocycles. The number of fused-ring (bicyclic) bond motifs is 4. The minimum atomic E-state index is -0.890. The highest BCUT2D eigenvalue weighted by molar-refractivity contribution is 5.92. The molecule has 6 bridgehead atoms. The van der Waals surface area contributed by atoms with Crippen LogP contribution < -0.4 is 4.74 Å². The van der Waals surface area contributed by atoms with Crippen molar-refractivity contribution in [2.24, 2.45) is 47.3 Å². The van der Waals surface area contributed by atoms with Crippen LogP contribution in [0.25, 0.3) is 11.2 Å². The van der Waals surface area contributed by atoms with Gasteiger partial charge in [0.15, 0.2) is 11.3 Å². The first kappa shape index (κ1) is 31.3. The highest BCUT2D eigenvalue weighted by atomic mass is 16.6. The van der Waals surface area contributed by atoms with E-state index < -0.39 is 77.9 Å². The van der Waals surface area contributed by atoms with Gasteiger partial charge in [0.05, 0.1) is 24.4 Å². The first-order valence-electron chi connectivity index (χ1n) is 16.5. The van der Waals surface area contributed by atoms with Crippen LogP contribution in [0.15, 0.2) is 59.1 Å². The van der Waals surface area contributed by atoms with E-state index in [1.165, 1.54) is 0 Å². The van der Waals surface area contributed by atoms with Gasteiger partial charge in [0, 0.05) is 52.9 Å². The third-order valence-electron chi connectivity index (χ3n) is 11.4. The Morgan fingerprint density at radius 2 is 1.47 bits per heavy atom. The number of hydrogen-bond acceptors (Lipinski definition) is 13. The predicted octanol–water partition coefficient (Wildman–Crippen LogP) is 3.23. The van der Waals surface area contributed by atoms with Crippen LogP contribution in [0.1, 0.15) is 32.6 Å². The summed E-state index contributed by atoms with van der Waals surface area (Å²) in [5.74, 6) is -6.78. The van der Waals surface area contributed by atoms with Gasteiger partial charge in [-0.2, -0.15) is 0 Å². The van der Waals surface area contributed by atoms with E-state index in [0.717, 1.165) is 0 Å². The molecule has 0 radical (unpaired) electrons. The number of ether oxygens (including phenoxy) is 6. The van der Waals surface area contributed by atoms with Gasteiger partial charge in [-0.05, 0) is 44.2 Å². The quantitative estimate of drug-likeness (QED) is 0.139. The predicted molar refractivity (Wildman–Crippen MR) is 163 cm³/mol. The number of hydrogen-bond donors (Lipinski definition) is 0. The zero-order valence-corrected chi connectivity index (χ0v) is 26.6. The summed E-state index contributed by atoms with van der Waals surface area (Å²) in [7, 11) is 0. The first-order chi connectivity index (χ1) is 23.4. The van der Waals surface area contributed by atoms with Crippen molar-refractivity contribution < 1.29 is 61.6 Å².